The Balaban J connectivity index is 2.02. The summed E-state index contributed by atoms with van der Waals surface area (Å²) in [6, 6.07) is 11.2. The Morgan fingerprint density at radius 2 is 1.79 bits per heavy atom. The minimum absolute atomic E-state index is 0.371. The maximum absolute atomic E-state index is 4.21. The first-order valence-electron chi connectivity index (χ1n) is 7.51. The van der Waals surface area contributed by atoms with E-state index in [1.54, 1.807) is 5.56 Å². The van der Waals surface area contributed by atoms with Crippen LogP contribution in [0.1, 0.15) is 56.4 Å². The highest BCUT2D eigenvalue weighted by Gasteiger charge is 2.58. The number of hydrogen-bond donors (Lipinski definition) is 0. The number of alkyl halides is 1. The molecule has 0 saturated heterocycles. The third-order valence-corrected chi connectivity index (χ3v) is 8.71. The third-order valence-electron chi connectivity index (χ3n) is 5.34. The van der Waals surface area contributed by atoms with E-state index in [4.69, 9.17) is 0 Å². The molecule has 0 bridgehead atoms. The van der Waals surface area contributed by atoms with Crippen LogP contribution in [0.25, 0.3) is 0 Å². The normalized spacial score (nSPS) is 38.7. The van der Waals surface area contributed by atoms with Crippen molar-refractivity contribution < 1.29 is 0 Å². The second-order valence-electron chi connectivity index (χ2n) is 6.12. The Morgan fingerprint density at radius 3 is 2.53 bits per heavy atom. The van der Waals surface area contributed by atoms with E-state index < -0.39 is 0 Å². The van der Waals surface area contributed by atoms with Crippen LogP contribution in [0.4, 0.5) is 0 Å². The van der Waals surface area contributed by atoms with Crippen LogP contribution in [0.15, 0.2) is 30.3 Å². The number of fused-ring (bicyclic) bond motifs is 1. The summed E-state index contributed by atoms with van der Waals surface area (Å²) in [5, 5.41) is 0. The average Bonchev–Trinajstić information content (AvgIpc) is 2.62. The van der Waals surface area contributed by atoms with Gasteiger partial charge in [0.25, 0.3) is 0 Å². The second kappa shape index (κ2) is 5.44. The van der Waals surface area contributed by atoms with Crippen molar-refractivity contribution in [1.82, 2.24) is 0 Å². The molecule has 19 heavy (non-hydrogen) atoms. The maximum atomic E-state index is 4.21. The van der Waals surface area contributed by atoms with Crippen molar-refractivity contribution in [2.75, 3.05) is 6.26 Å². The van der Waals surface area contributed by atoms with Crippen molar-refractivity contribution in [2.45, 2.75) is 59.9 Å². The molecule has 2 heteroatoms. The minimum atomic E-state index is 0.371. The molecule has 2 saturated carbocycles. The van der Waals surface area contributed by atoms with E-state index in [0.29, 0.717) is 9.07 Å². The molecule has 3 atom stereocenters. The van der Waals surface area contributed by atoms with Gasteiger partial charge >= 0.3 is 0 Å². The van der Waals surface area contributed by atoms with Crippen molar-refractivity contribution in [3.63, 3.8) is 0 Å². The predicted octanol–water partition coefficient (Wildman–Crippen LogP) is 5.76. The van der Waals surface area contributed by atoms with Crippen molar-refractivity contribution in [2.24, 2.45) is 0 Å². The summed E-state index contributed by atoms with van der Waals surface area (Å²) in [5.41, 5.74) is 1.56. The van der Waals surface area contributed by atoms with Crippen LogP contribution in [0.3, 0.4) is 0 Å². The SMILES string of the molecule is CS[C@]12CCCCC[C@@]1(Br)CCC2c1ccccc1. The monoisotopic (exact) mass is 338 g/mol. The van der Waals surface area contributed by atoms with Gasteiger partial charge in [-0.05, 0) is 43.4 Å². The highest BCUT2D eigenvalue weighted by Crippen LogP contribution is 2.64. The summed E-state index contributed by atoms with van der Waals surface area (Å²) in [6.45, 7) is 0. The van der Waals surface area contributed by atoms with Gasteiger partial charge in [0, 0.05) is 9.07 Å². The predicted molar refractivity (Wildman–Crippen MR) is 89.4 cm³/mol. The van der Waals surface area contributed by atoms with Gasteiger partial charge in [-0.1, -0.05) is 65.5 Å². The molecule has 0 N–H and O–H groups in total. The van der Waals surface area contributed by atoms with E-state index in [-0.39, 0.29) is 0 Å². The lowest BCUT2D eigenvalue weighted by Gasteiger charge is -2.44. The van der Waals surface area contributed by atoms with Crippen LogP contribution in [0.2, 0.25) is 0 Å². The second-order valence-corrected chi connectivity index (χ2v) is 8.78. The zero-order valence-electron chi connectivity index (χ0n) is 11.7. The molecule has 0 aliphatic heterocycles. The quantitative estimate of drug-likeness (QED) is 0.617. The Kier molecular flexibility index (Phi) is 4.01. The van der Waals surface area contributed by atoms with Crippen LogP contribution in [0.5, 0.6) is 0 Å². The molecular weight excluding hydrogens is 316 g/mol. The molecule has 0 radical (unpaired) electrons. The van der Waals surface area contributed by atoms with Gasteiger partial charge in [0.15, 0.2) is 0 Å². The molecule has 0 nitrogen and oxygen atoms in total. The van der Waals surface area contributed by atoms with Crippen molar-refractivity contribution in [3.8, 4) is 0 Å². The van der Waals surface area contributed by atoms with Crippen LogP contribution in [0, 0.1) is 0 Å². The molecule has 2 aliphatic carbocycles. The summed E-state index contributed by atoms with van der Waals surface area (Å²) < 4.78 is 0.779. The Hall–Kier alpha value is 0.0500. The van der Waals surface area contributed by atoms with Gasteiger partial charge in [-0.25, -0.2) is 0 Å². The average molecular weight is 339 g/mol. The number of halogens is 1. The summed E-state index contributed by atoms with van der Waals surface area (Å²) in [6.07, 6.45) is 12.0. The van der Waals surface area contributed by atoms with E-state index in [1.165, 1.54) is 44.9 Å². The molecule has 1 aromatic carbocycles. The van der Waals surface area contributed by atoms with Gasteiger partial charge in [-0.2, -0.15) is 11.8 Å². The van der Waals surface area contributed by atoms with Crippen molar-refractivity contribution in [1.29, 1.82) is 0 Å². The molecule has 1 aromatic rings. The molecule has 2 fully saturated rings. The van der Waals surface area contributed by atoms with Gasteiger partial charge in [0.05, 0.1) is 0 Å². The fourth-order valence-electron chi connectivity index (χ4n) is 4.38. The highest BCUT2D eigenvalue weighted by molar-refractivity contribution is 9.10. The van der Waals surface area contributed by atoms with Gasteiger partial charge < -0.3 is 0 Å². The van der Waals surface area contributed by atoms with E-state index in [2.05, 4.69) is 64.3 Å². The zero-order chi connectivity index (χ0) is 13.3. The molecule has 3 rings (SSSR count). The topological polar surface area (TPSA) is 0 Å². The van der Waals surface area contributed by atoms with Gasteiger partial charge in [-0.15, -0.1) is 0 Å². The molecule has 2 aliphatic rings. The van der Waals surface area contributed by atoms with Crippen molar-refractivity contribution in [3.05, 3.63) is 35.9 Å². The largest absolute Gasteiger partial charge is 0.156 e. The molecule has 0 heterocycles. The third kappa shape index (κ3) is 2.19. The molecule has 0 amide bonds. The molecule has 0 spiro atoms. The number of hydrogen-bond acceptors (Lipinski definition) is 1. The fraction of sp³-hybridized carbons (Fsp3) is 0.647. The molecule has 104 valence electrons. The Labute approximate surface area is 129 Å². The van der Waals surface area contributed by atoms with E-state index in [1.807, 2.05) is 0 Å². The summed E-state index contributed by atoms with van der Waals surface area (Å²) in [5.74, 6) is 0.723. The fourth-order valence-corrected chi connectivity index (χ4v) is 7.31. The zero-order valence-corrected chi connectivity index (χ0v) is 14.1. The Bertz CT molecular complexity index is 432. The summed E-state index contributed by atoms with van der Waals surface area (Å²) in [7, 11) is 0. The lowest BCUT2D eigenvalue weighted by atomic mass is 9.80. The first kappa shape index (κ1) is 14.0. The smallest absolute Gasteiger partial charge is 0.0410 e. The van der Waals surface area contributed by atoms with Crippen LogP contribution < -0.4 is 0 Å². The molecular formula is C17H23BrS. The first-order valence-corrected chi connectivity index (χ1v) is 9.53. The van der Waals surface area contributed by atoms with Crippen LogP contribution in [-0.2, 0) is 0 Å². The van der Waals surface area contributed by atoms with Gasteiger partial charge in [-0.3, -0.25) is 0 Å². The van der Waals surface area contributed by atoms with E-state index in [9.17, 15) is 0 Å². The van der Waals surface area contributed by atoms with Gasteiger partial charge in [0.1, 0.15) is 0 Å². The number of rotatable bonds is 2. The highest BCUT2D eigenvalue weighted by atomic mass is 79.9. The van der Waals surface area contributed by atoms with Crippen molar-refractivity contribution >= 4 is 27.7 Å². The maximum Gasteiger partial charge on any atom is 0.0410 e. The summed E-state index contributed by atoms with van der Waals surface area (Å²) in [4.78, 5) is 0. The first-order chi connectivity index (χ1) is 9.22. The Morgan fingerprint density at radius 1 is 1.05 bits per heavy atom. The summed E-state index contributed by atoms with van der Waals surface area (Å²) >= 11 is 6.34. The lowest BCUT2D eigenvalue weighted by molar-refractivity contribution is 0.433. The standard InChI is InChI=1S/C17H23BrS/c1-19-17-12-7-3-6-11-16(17,18)13-10-15(17)14-8-4-2-5-9-14/h2,4-5,8-9,15H,3,6-7,10-13H2,1H3/t15?,16-,17+/m1/s1. The minimum Gasteiger partial charge on any atom is -0.156 e. The van der Waals surface area contributed by atoms with Gasteiger partial charge in [0.2, 0.25) is 0 Å². The van der Waals surface area contributed by atoms with Crippen LogP contribution in [-0.4, -0.2) is 15.3 Å². The molecule has 1 unspecified atom stereocenters. The lowest BCUT2D eigenvalue weighted by Crippen LogP contribution is -2.44. The number of thioether (sulfide) groups is 1. The number of benzene rings is 1. The van der Waals surface area contributed by atoms with Crippen LogP contribution >= 0.6 is 27.7 Å². The molecule has 0 aromatic heterocycles. The van der Waals surface area contributed by atoms with E-state index >= 15 is 0 Å². The van der Waals surface area contributed by atoms with E-state index in [0.717, 1.165) is 5.92 Å².